The number of hydrogen-bond donors (Lipinski definition) is 1. The quantitative estimate of drug-likeness (QED) is 0.766. The van der Waals surface area contributed by atoms with Crippen molar-refractivity contribution < 1.29 is 4.74 Å². The molecule has 0 spiro atoms. The van der Waals surface area contributed by atoms with E-state index in [1.807, 2.05) is 0 Å². The Morgan fingerprint density at radius 1 is 1.35 bits per heavy atom. The largest absolute Gasteiger partial charge is 0.375 e. The molecule has 1 aliphatic heterocycles. The third-order valence-corrected chi connectivity index (χ3v) is 4.19. The molecule has 1 saturated carbocycles. The maximum Gasteiger partial charge on any atom is 0.169 e. The highest BCUT2D eigenvalue weighted by Gasteiger charge is 2.22. The van der Waals surface area contributed by atoms with E-state index in [0.29, 0.717) is 12.1 Å². The van der Waals surface area contributed by atoms with Crippen molar-refractivity contribution in [2.75, 3.05) is 19.7 Å². The number of hydrogen-bond acceptors (Lipinski definition) is 2. The summed E-state index contributed by atoms with van der Waals surface area (Å²) in [5.74, 6) is 0. The third kappa shape index (κ3) is 3.81. The maximum absolute atomic E-state index is 5.67. The van der Waals surface area contributed by atoms with E-state index in [1.54, 1.807) is 0 Å². The van der Waals surface area contributed by atoms with Crippen molar-refractivity contribution in [3.63, 3.8) is 0 Å². The Hall–Kier alpha value is -0.350. The van der Waals surface area contributed by atoms with Gasteiger partial charge in [0.2, 0.25) is 0 Å². The van der Waals surface area contributed by atoms with Gasteiger partial charge in [0.05, 0.1) is 12.7 Å². The van der Waals surface area contributed by atoms with Gasteiger partial charge in [0.25, 0.3) is 0 Å². The van der Waals surface area contributed by atoms with Crippen molar-refractivity contribution in [1.29, 1.82) is 0 Å². The van der Waals surface area contributed by atoms with Crippen molar-refractivity contribution in [3.8, 4) is 0 Å². The summed E-state index contributed by atoms with van der Waals surface area (Å²) in [4.78, 5) is 2.28. The van der Waals surface area contributed by atoms with E-state index in [0.717, 1.165) is 31.2 Å². The predicted octanol–water partition coefficient (Wildman–Crippen LogP) is 2.30. The van der Waals surface area contributed by atoms with Gasteiger partial charge in [-0.05, 0) is 31.5 Å². The standard InChI is InChI=1S/C13H24N2OS/c1-2-12-10-15(8-9-16-12)13(17)14-11-6-4-3-5-7-11/h11-12H,2-10H2,1H3,(H,14,17). The van der Waals surface area contributed by atoms with Crippen LogP contribution in [0.15, 0.2) is 0 Å². The summed E-state index contributed by atoms with van der Waals surface area (Å²) in [5, 5.41) is 4.48. The molecule has 2 fully saturated rings. The molecule has 1 atom stereocenters. The highest BCUT2D eigenvalue weighted by molar-refractivity contribution is 7.80. The Kier molecular flexibility index (Phi) is 5.04. The second-order valence-electron chi connectivity index (χ2n) is 5.13. The molecule has 1 unspecified atom stereocenters. The Bertz CT molecular complexity index is 254. The Balaban J connectivity index is 1.78. The predicted molar refractivity (Wildman–Crippen MR) is 74.2 cm³/mol. The van der Waals surface area contributed by atoms with E-state index in [4.69, 9.17) is 17.0 Å². The molecule has 0 radical (unpaired) electrons. The fourth-order valence-corrected chi connectivity index (χ4v) is 3.00. The number of nitrogens with zero attached hydrogens (tertiary/aromatic N) is 1. The van der Waals surface area contributed by atoms with Crippen LogP contribution in [0.25, 0.3) is 0 Å². The summed E-state index contributed by atoms with van der Waals surface area (Å²) >= 11 is 5.51. The SMILES string of the molecule is CCC1CN(C(=S)NC2CCCCC2)CCO1. The average molecular weight is 256 g/mol. The van der Waals surface area contributed by atoms with Gasteiger partial charge < -0.3 is 15.0 Å². The van der Waals surface area contributed by atoms with Gasteiger partial charge >= 0.3 is 0 Å². The van der Waals surface area contributed by atoms with Gasteiger partial charge in [0.1, 0.15) is 0 Å². The van der Waals surface area contributed by atoms with Crippen molar-refractivity contribution in [1.82, 2.24) is 10.2 Å². The van der Waals surface area contributed by atoms with Crippen molar-refractivity contribution in [3.05, 3.63) is 0 Å². The smallest absolute Gasteiger partial charge is 0.169 e. The highest BCUT2D eigenvalue weighted by atomic mass is 32.1. The van der Waals surface area contributed by atoms with E-state index >= 15 is 0 Å². The molecule has 1 N–H and O–H groups in total. The topological polar surface area (TPSA) is 24.5 Å². The van der Waals surface area contributed by atoms with Crippen LogP contribution in [-0.4, -0.2) is 41.9 Å². The van der Waals surface area contributed by atoms with Gasteiger partial charge in [-0.3, -0.25) is 0 Å². The molecule has 0 aromatic carbocycles. The van der Waals surface area contributed by atoms with Crippen LogP contribution >= 0.6 is 12.2 Å². The van der Waals surface area contributed by atoms with Crippen LogP contribution in [0, 0.1) is 0 Å². The highest BCUT2D eigenvalue weighted by Crippen LogP contribution is 2.18. The lowest BCUT2D eigenvalue weighted by Gasteiger charge is -2.36. The Labute approximate surface area is 110 Å². The number of ether oxygens (including phenoxy) is 1. The maximum atomic E-state index is 5.67. The molecule has 17 heavy (non-hydrogen) atoms. The van der Waals surface area contributed by atoms with Crippen LogP contribution in [0.3, 0.4) is 0 Å². The lowest BCUT2D eigenvalue weighted by molar-refractivity contribution is -0.00745. The number of rotatable bonds is 2. The van der Waals surface area contributed by atoms with E-state index in [-0.39, 0.29) is 0 Å². The molecule has 98 valence electrons. The summed E-state index contributed by atoms with van der Waals surface area (Å²) in [5.41, 5.74) is 0. The Morgan fingerprint density at radius 3 is 2.82 bits per heavy atom. The van der Waals surface area contributed by atoms with Gasteiger partial charge in [-0.15, -0.1) is 0 Å². The van der Waals surface area contributed by atoms with E-state index in [9.17, 15) is 0 Å². The monoisotopic (exact) mass is 256 g/mol. The molecule has 4 heteroatoms. The van der Waals surface area contributed by atoms with Crippen molar-refractivity contribution in [2.45, 2.75) is 57.6 Å². The fraction of sp³-hybridized carbons (Fsp3) is 0.923. The normalized spacial score (nSPS) is 26.9. The summed E-state index contributed by atoms with van der Waals surface area (Å²) in [6, 6.07) is 0.610. The molecule has 1 heterocycles. The Morgan fingerprint density at radius 2 is 2.12 bits per heavy atom. The first-order valence-corrected chi connectivity index (χ1v) is 7.37. The lowest BCUT2D eigenvalue weighted by Crippen LogP contribution is -2.51. The molecule has 0 bridgehead atoms. The van der Waals surface area contributed by atoms with E-state index < -0.39 is 0 Å². The summed E-state index contributed by atoms with van der Waals surface area (Å²) in [6.45, 7) is 4.88. The van der Waals surface area contributed by atoms with E-state index in [1.165, 1.54) is 32.1 Å². The van der Waals surface area contributed by atoms with Crippen LogP contribution in [0.5, 0.6) is 0 Å². The van der Waals surface area contributed by atoms with Gasteiger partial charge in [0, 0.05) is 19.1 Å². The third-order valence-electron chi connectivity index (χ3n) is 3.81. The van der Waals surface area contributed by atoms with Gasteiger partial charge in [0.15, 0.2) is 5.11 Å². The minimum atomic E-state index is 0.356. The van der Waals surface area contributed by atoms with Gasteiger partial charge in [-0.2, -0.15) is 0 Å². The fourth-order valence-electron chi connectivity index (χ4n) is 2.66. The number of thiocarbonyl (C=S) groups is 1. The first-order valence-electron chi connectivity index (χ1n) is 6.96. The van der Waals surface area contributed by atoms with E-state index in [2.05, 4.69) is 17.1 Å². The number of morpholine rings is 1. The summed E-state index contributed by atoms with van der Waals surface area (Å²) in [6.07, 6.45) is 8.07. The van der Waals surface area contributed by atoms with Crippen molar-refractivity contribution >= 4 is 17.3 Å². The molecule has 2 rings (SSSR count). The van der Waals surface area contributed by atoms with Crippen molar-refractivity contribution in [2.24, 2.45) is 0 Å². The molecule has 0 aromatic rings. The second kappa shape index (κ2) is 6.55. The number of nitrogens with one attached hydrogen (secondary N) is 1. The minimum absolute atomic E-state index is 0.356. The minimum Gasteiger partial charge on any atom is -0.375 e. The van der Waals surface area contributed by atoms with Crippen LogP contribution in [0.2, 0.25) is 0 Å². The molecule has 3 nitrogen and oxygen atoms in total. The van der Waals surface area contributed by atoms with Crippen LogP contribution in [0.4, 0.5) is 0 Å². The first-order chi connectivity index (χ1) is 8.29. The molecule has 1 aliphatic carbocycles. The molecular formula is C13H24N2OS. The second-order valence-corrected chi connectivity index (χ2v) is 5.52. The van der Waals surface area contributed by atoms with Crippen LogP contribution in [-0.2, 0) is 4.74 Å². The molecule has 0 aromatic heterocycles. The average Bonchev–Trinajstić information content (AvgIpc) is 2.40. The lowest BCUT2D eigenvalue weighted by atomic mass is 9.96. The van der Waals surface area contributed by atoms with Crippen LogP contribution in [0.1, 0.15) is 45.4 Å². The zero-order chi connectivity index (χ0) is 12.1. The first kappa shape index (κ1) is 13.1. The summed E-state index contributed by atoms with van der Waals surface area (Å²) in [7, 11) is 0. The zero-order valence-electron chi connectivity index (χ0n) is 10.8. The molecule has 1 saturated heterocycles. The van der Waals surface area contributed by atoms with Gasteiger partial charge in [-0.1, -0.05) is 26.2 Å². The molecular weight excluding hydrogens is 232 g/mol. The molecule has 2 aliphatic rings. The molecule has 0 amide bonds. The van der Waals surface area contributed by atoms with Gasteiger partial charge in [-0.25, -0.2) is 0 Å². The van der Waals surface area contributed by atoms with Crippen LogP contribution < -0.4 is 5.32 Å². The zero-order valence-corrected chi connectivity index (χ0v) is 11.6. The summed E-state index contributed by atoms with van der Waals surface area (Å²) < 4.78 is 5.67.